The van der Waals surface area contributed by atoms with Crippen LogP contribution in [0.5, 0.6) is 6.01 Å². The predicted octanol–water partition coefficient (Wildman–Crippen LogP) is 2.53. The summed E-state index contributed by atoms with van der Waals surface area (Å²) in [6.45, 7) is 1.80. The molecule has 0 fully saturated rings. The third-order valence-electron chi connectivity index (χ3n) is 2.83. The average molecular weight is 441 g/mol. The smallest absolute Gasteiger partial charge is 0.335 e. The number of aromatic nitrogens is 3. The van der Waals surface area contributed by atoms with Crippen molar-refractivity contribution in [2.45, 2.75) is 15.6 Å². The fourth-order valence-electron chi connectivity index (χ4n) is 1.66. The number of nitrogens with one attached hydrogen (secondary N) is 2. The zero-order valence-corrected chi connectivity index (χ0v) is 16.4. The monoisotopic (exact) mass is 439 g/mol. The van der Waals surface area contributed by atoms with Crippen molar-refractivity contribution in [3.05, 3.63) is 35.7 Å². The van der Waals surface area contributed by atoms with E-state index in [4.69, 9.17) is 39.5 Å². The first-order valence-electron chi connectivity index (χ1n) is 6.79. The van der Waals surface area contributed by atoms with Crippen molar-refractivity contribution in [3.8, 4) is 6.01 Å². The molecule has 1 aromatic heterocycles. The molecule has 0 bridgehead atoms. The van der Waals surface area contributed by atoms with Gasteiger partial charge in [0.1, 0.15) is 0 Å². The van der Waals surface area contributed by atoms with E-state index in [2.05, 4.69) is 20.3 Å². The molecule has 140 valence electrons. The lowest BCUT2D eigenvalue weighted by atomic mass is 10.2. The van der Waals surface area contributed by atoms with Gasteiger partial charge in [0.05, 0.1) is 12.0 Å². The number of aryl methyl sites for hydroxylation is 1. The number of halogens is 3. The molecule has 2 rings (SSSR count). The van der Waals surface area contributed by atoms with Crippen LogP contribution >= 0.6 is 34.8 Å². The highest BCUT2D eigenvalue weighted by molar-refractivity contribution is 7.90. The van der Waals surface area contributed by atoms with Crippen molar-refractivity contribution in [3.63, 3.8) is 0 Å². The first-order chi connectivity index (χ1) is 12.0. The molecule has 9 nitrogen and oxygen atoms in total. The molecule has 0 aliphatic heterocycles. The summed E-state index contributed by atoms with van der Waals surface area (Å²) in [5.74, 6) is -0.680. The molecule has 0 aliphatic carbocycles. The van der Waals surface area contributed by atoms with Gasteiger partial charge in [-0.2, -0.15) is 15.0 Å². The summed E-state index contributed by atoms with van der Waals surface area (Å²) in [7, 11) is -2.84. The Morgan fingerprint density at radius 3 is 2.27 bits per heavy atom. The topological polar surface area (TPSA) is 123 Å². The van der Waals surface area contributed by atoms with Crippen LogP contribution < -0.4 is 14.8 Å². The second-order valence-electron chi connectivity index (χ2n) is 4.84. The van der Waals surface area contributed by atoms with Crippen LogP contribution in [-0.2, 0) is 13.8 Å². The van der Waals surface area contributed by atoms with Crippen molar-refractivity contribution in [2.75, 3.05) is 12.4 Å². The minimum Gasteiger partial charge on any atom is -0.467 e. The molecule has 2 N–H and O–H groups in total. The van der Waals surface area contributed by atoms with Gasteiger partial charge in [-0.3, -0.25) is 5.32 Å². The van der Waals surface area contributed by atoms with Gasteiger partial charge in [0.2, 0.25) is 9.74 Å². The maximum absolute atomic E-state index is 12.2. The Bertz CT molecular complexity index is 916. The van der Waals surface area contributed by atoms with E-state index < -0.39 is 19.8 Å². The molecule has 0 radical (unpaired) electrons. The number of urea groups is 1. The average Bonchev–Trinajstić information content (AvgIpc) is 2.53. The molecule has 0 atom stereocenters. The number of carbonyl (C=O) groups is 1. The summed E-state index contributed by atoms with van der Waals surface area (Å²) in [4.78, 5) is 23.1. The summed E-state index contributed by atoms with van der Waals surface area (Å²) in [6, 6.07) is 4.55. The molecule has 2 amide bonds. The number of hydrogen-bond acceptors (Lipinski definition) is 7. The van der Waals surface area contributed by atoms with E-state index in [1.54, 1.807) is 19.1 Å². The number of anilines is 1. The lowest BCUT2D eigenvalue weighted by molar-refractivity contribution is 0.256. The summed E-state index contributed by atoms with van der Waals surface area (Å²) >= 11 is 17.1. The number of methoxy groups -OCH3 is 1. The second kappa shape index (κ2) is 7.78. The van der Waals surface area contributed by atoms with E-state index in [1.807, 2.05) is 4.72 Å². The highest BCUT2D eigenvalue weighted by Gasteiger charge is 2.29. The molecule has 1 aromatic carbocycles. The van der Waals surface area contributed by atoms with Gasteiger partial charge in [-0.25, -0.2) is 17.9 Å². The van der Waals surface area contributed by atoms with Gasteiger partial charge in [0.25, 0.3) is 10.0 Å². The minimum absolute atomic E-state index is 0.0894. The third kappa shape index (κ3) is 5.31. The first kappa shape index (κ1) is 20.4. The summed E-state index contributed by atoms with van der Waals surface area (Å²) in [5, 5.41) is 2.12. The van der Waals surface area contributed by atoms with Crippen LogP contribution in [0.4, 0.5) is 10.7 Å². The molecule has 0 spiro atoms. The number of ether oxygens (including phenoxy) is 1. The zero-order valence-electron chi connectivity index (χ0n) is 13.3. The Morgan fingerprint density at radius 2 is 1.73 bits per heavy atom. The van der Waals surface area contributed by atoms with Gasteiger partial charge < -0.3 is 4.74 Å². The number of alkyl halides is 3. The Morgan fingerprint density at radius 1 is 1.12 bits per heavy atom. The number of amides is 2. The van der Waals surface area contributed by atoms with E-state index in [0.717, 1.165) is 5.56 Å². The number of benzene rings is 1. The molecule has 2 aromatic rings. The second-order valence-corrected chi connectivity index (χ2v) is 8.80. The van der Waals surface area contributed by atoms with Gasteiger partial charge in [-0.15, -0.1) is 0 Å². The quantitative estimate of drug-likeness (QED) is 0.700. The largest absolute Gasteiger partial charge is 0.467 e. The van der Waals surface area contributed by atoms with E-state index in [1.165, 1.54) is 19.2 Å². The molecule has 13 heteroatoms. The molecule has 0 saturated heterocycles. The van der Waals surface area contributed by atoms with Crippen LogP contribution in [0.1, 0.15) is 11.4 Å². The number of carbonyl (C=O) groups excluding carboxylic acids is 1. The summed E-state index contributed by atoms with van der Waals surface area (Å²) in [5.41, 5.74) is 0.866. The summed E-state index contributed by atoms with van der Waals surface area (Å²) in [6.07, 6.45) is 0. The van der Waals surface area contributed by atoms with Crippen LogP contribution in [0, 0.1) is 6.92 Å². The number of hydrogen-bond donors (Lipinski definition) is 2. The maximum atomic E-state index is 12.2. The fourth-order valence-corrected chi connectivity index (χ4v) is 2.82. The standard InChI is InChI=1S/C13H12Cl3N5O4S/c1-7-3-5-8(6-4-7)26(23,24)21-11(22)19-10-17-9(13(14,15)16)18-12(20-10)25-2/h3-6H,1-2H3,(H2,17,18,19,20,21,22). The van der Waals surface area contributed by atoms with Gasteiger partial charge >= 0.3 is 12.0 Å². The number of nitrogens with zero attached hydrogens (tertiary/aromatic N) is 3. The zero-order chi connectivity index (χ0) is 19.5. The molecular weight excluding hydrogens is 429 g/mol. The number of rotatable bonds is 4. The van der Waals surface area contributed by atoms with Gasteiger partial charge in [-0.1, -0.05) is 52.5 Å². The molecule has 0 aliphatic rings. The van der Waals surface area contributed by atoms with Crippen molar-refractivity contribution in [1.29, 1.82) is 0 Å². The fraction of sp³-hybridized carbons (Fsp3) is 0.231. The molecular formula is C13H12Cl3N5O4S. The molecule has 1 heterocycles. The maximum Gasteiger partial charge on any atom is 0.335 e. The lowest BCUT2D eigenvalue weighted by Gasteiger charge is -2.12. The molecule has 26 heavy (non-hydrogen) atoms. The van der Waals surface area contributed by atoms with Crippen LogP contribution in [0.3, 0.4) is 0 Å². The molecule has 0 unspecified atom stereocenters. The first-order valence-corrected chi connectivity index (χ1v) is 9.41. The van der Waals surface area contributed by atoms with Crippen molar-refractivity contribution >= 4 is 56.8 Å². The van der Waals surface area contributed by atoms with Crippen LogP contribution in [0.15, 0.2) is 29.2 Å². The minimum atomic E-state index is -4.09. The van der Waals surface area contributed by atoms with Gasteiger partial charge in [-0.05, 0) is 19.1 Å². The number of sulfonamides is 1. The van der Waals surface area contributed by atoms with Crippen molar-refractivity contribution < 1.29 is 17.9 Å². The highest BCUT2D eigenvalue weighted by Crippen LogP contribution is 2.36. The Hall–Kier alpha value is -1.88. The Labute approximate surface area is 164 Å². The van der Waals surface area contributed by atoms with Crippen molar-refractivity contribution in [2.24, 2.45) is 0 Å². The van der Waals surface area contributed by atoms with E-state index in [-0.39, 0.29) is 22.7 Å². The van der Waals surface area contributed by atoms with Crippen LogP contribution in [0.2, 0.25) is 0 Å². The van der Waals surface area contributed by atoms with Gasteiger partial charge in [0.15, 0.2) is 5.82 Å². The Kier molecular flexibility index (Phi) is 6.12. The SMILES string of the molecule is COc1nc(NC(=O)NS(=O)(=O)c2ccc(C)cc2)nc(C(Cl)(Cl)Cl)n1. The normalized spacial score (nSPS) is 11.7. The van der Waals surface area contributed by atoms with E-state index in [9.17, 15) is 13.2 Å². The van der Waals surface area contributed by atoms with E-state index >= 15 is 0 Å². The summed E-state index contributed by atoms with van der Waals surface area (Å²) < 4.78 is 29.0. The highest BCUT2D eigenvalue weighted by atomic mass is 35.6. The van der Waals surface area contributed by atoms with Crippen molar-refractivity contribution in [1.82, 2.24) is 19.7 Å². The predicted molar refractivity (Wildman–Crippen MR) is 96.1 cm³/mol. The third-order valence-corrected chi connectivity index (χ3v) is 4.69. The lowest BCUT2D eigenvalue weighted by Crippen LogP contribution is -2.35. The van der Waals surface area contributed by atoms with E-state index in [0.29, 0.717) is 0 Å². The van der Waals surface area contributed by atoms with Crippen LogP contribution in [-0.4, -0.2) is 36.5 Å². The Balaban J connectivity index is 2.20. The van der Waals surface area contributed by atoms with Gasteiger partial charge in [0, 0.05) is 0 Å². The molecule has 0 saturated carbocycles. The van der Waals surface area contributed by atoms with Crippen LogP contribution in [0.25, 0.3) is 0 Å².